The molecular formula is C22H28N2O6. The van der Waals surface area contributed by atoms with Crippen LogP contribution in [-0.2, 0) is 16.1 Å². The Kier molecular flexibility index (Phi) is 5.67. The van der Waals surface area contributed by atoms with Gasteiger partial charge in [0.1, 0.15) is 17.8 Å². The number of hydrogen-bond acceptors (Lipinski definition) is 6. The van der Waals surface area contributed by atoms with Crippen LogP contribution in [-0.4, -0.2) is 43.7 Å². The summed E-state index contributed by atoms with van der Waals surface area (Å²) >= 11 is 0. The smallest absolute Gasteiger partial charge is 0.330 e. The number of nitrogens with one attached hydrogen (secondary N) is 1. The second-order valence-corrected chi connectivity index (χ2v) is 8.40. The Morgan fingerprint density at radius 3 is 2.67 bits per heavy atom. The van der Waals surface area contributed by atoms with E-state index in [1.807, 2.05) is 37.3 Å². The van der Waals surface area contributed by atoms with Crippen LogP contribution in [0.2, 0.25) is 0 Å². The Labute approximate surface area is 174 Å². The van der Waals surface area contributed by atoms with Gasteiger partial charge in [-0.05, 0) is 31.2 Å². The third kappa shape index (κ3) is 3.43. The number of rotatable bonds is 4. The molecule has 4 rings (SSSR count). The van der Waals surface area contributed by atoms with Crippen LogP contribution in [0.25, 0.3) is 0 Å². The minimum absolute atomic E-state index is 0.0961. The van der Waals surface area contributed by atoms with Crippen LogP contribution in [0.15, 0.2) is 46.1 Å². The zero-order chi connectivity index (χ0) is 21.5. The number of nitrogens with zero attached hydrogens (tertiary/aromatic N) is 1. The van der Waals surface area contributed by atoms with Crippen molar-refractivity contribution in [2.24, 2.45) is 5.92 Å². The van der Waals surface area contributed by atoms with Gasteiger partial charge in [0, 0.05) is 11.8 Å². The minimum atomic E-state index is -1.20. The normalized spacial score (nSPS) is 33.8. The Morgan fingerprint density at radius 1 is 1.23 bits per heavy atom. The molecule has 1 aromatic carbocycles. The Morgan fingerprint density at radius 2 is 1.97 bits per heavy atom. The number of H-pyrrole nitrogens is 1. The van der Waals surface area contributed by atoms with Gasteiger partial charge in [0.25, 0.3) is 5.56 Å². The topological polar surface area (TPSA) is 114 Å². The molecule has 2 heterocycles. The van der Waals surface area contributed by atoms with Crippen molar-refractivity contribution in [3.05, 3.63) is 68.5 Å². The van der Waals surface area contributed by atoms with E-state index in [9.17, 15) is 19.8 Å². The van der Waals surface area contributed by atoms with Gasteiger partial charge in [-0.1, -0.05) is 43.7 Å². The summed E-state index contributed by atoms with van der Waals surface area (Å²) in [5.41, 5.74) is -1.06. The molecule has 1 saturated heterocycles. The van der Waals surface area contributed by atoms with E-state index in [0.717, 1.165) is 18.4 Å². The van der Waals surface area contributed by atoms with Gasteiger partial charge >= 0.3 is 5.69 Å². The fourth-order valence-corrected chi connectivity index (χ4v) is 4.81. The standard InChI is InChI=1S/C22H28N2O6/c1-13-11-24(21(28)23-19(13)27)20-17(26)18(29-12-15-8-4-3-5-9-15)22(30-20)14(2)7-6-10-16(22)25/h3-5,8-9,11,14,16-18,20,25-26H,6-7,10,12H2,1-2H3,(H,23,27,28)/t14-,16+,17+,18-,20-,22?/m1/s1. The Hall–Kier alpha value is -2.26. The molecule has 30 heavy (non-hydrogen) atoms. The van der Waals surface area contributed by atoms with Gasteiger partial charge in [0.05, 0.1) is 12.7 Å². The fraction of sp³-hybridized carbons (Fsp3) is 0.545. The lowest BCUT2D eigenvalue weighted by atomic mass is 9.71. The summed E-state index contributed by atoms with van der Waals surface area (Å²) in [4.78, 5) is 26.5. The van der Waals surface area contributed by atoms with Gasteiger partial charge in [-0.25, -0.2) is 4.79 Å². The maximum atomic E-state index is 12.5. The molecule has 1 aliphatic carbocycles. The van der Waals surface area contributed by atoms with E-state index >= 15 is 0 Å². The van der Waals surface area contributed by atoms with Gasteiger partial charge in [-0.15, -0.1) is 0 Å². The zero-order valence-corrected chi connectivity index (χ0v) is 17.2. The molecule has 162 valence electrons. The molecule has 1 saturated carbocycles. The third-order valence-electron chi connectivity index (χ3n) is 6.47. The number of ether oxygens (including phenoxy) is 2. The summed E-state index contributed by atoms with van der Waals surface area (Å²) in [5.74, 6) is -0.0961. The molecule has 8 heteroatoms. The highest BCUT2D eigenvalue weighted by Gasteiger charge is 2.63. The molecule has 2 aliphatic rings. The molecule has 1 unspecified atom stereocenters. The molecule has 1 spiro atoms. The lowest BCUT2D eigenvalue weighted by Crippen LogP contribution is -2.59. The Bertz CT molecular complexity index is 991. The molecule has 0 radical (unpaired) electrons. The van der Waals surface area contributed by atoms with Crippen LogP contribution in [0.1, 0.15) is 43.5 Å². The predicted octanol–water partition coefficient (Wildman–Crippen LogP) is 1.24. The van der Waals surface area contributed by atoms with Gasteiger partial charge < -0.3 is 19.7 Å². The number of aliphatic hydroxyl groups excluding tert-OH is 2. The molecule has 3 N–H and O–H groups in total. The van der Waals surface area contributed by atoms with E-state index < -0.39 is 41.4 Å². The first kappa shape index (κ1) is 21.0. The van der Waals surface area contributed by atoms with Crippen LogP contribution in [0.3, 0.4) is 0 Å². The molecular weight excluding hydrogens is 388 g/mol. The first-order chi connectivity index (χ1) is 14.3. The van der Waals surface area contributed by atoms with Gasteiger partial charge in [0.15, 0.2) is 6.23 Å². The highest BCUT2D eigenvalue weighted by atomic mass is 16.6. The van der Waals surface area contributed by atoms with E-state index in [1.54, 1.807) is 6.92 Å². The van der Waals surface area contributed by atoms with E-state index in [4.69, 9.17) is 9.47 Å². The second-order valence-electron chi connectivity index (χ2n) is 8.40. The summed E-state index contributed by atoms with van der Waals surface area (Å²) < 4.78 is 13.6. The largest absolute Gasteiger partial charge is 0.390 e. The maximum absolute atomic E-state index is 12.5. The van der Waals surface area contributed by atoms with Crippen LogP contribution in [0.4, 0.5) is 0 Å². The molecule has 0 amide bonds. The van der Waals surface area contributed by atoms with Gasteiger partial charge in [-0.3, -0.25) is 14.3 Å². The number of aromatic amines is 1. The molecule has 6 atom stereocenters. The molecule has 0 bridgehead atoms. The van der Waals surface area contributed by atoms with E-state index in [-0.39, 0.29) is 12.5 Å². The van der Waals surface area contributed by atoms with E-state index in [0.29, 0.717) is 12.0 Å². The number of aromatic nitrogens is 2. The summed E-state index contributed by atoms with van der Waals surface area (Å²) in [6.45, 7) is 3.78. The highest BCUT2D eigenvalue weighted by Crippen LogP contribution is 2.50. The molecule has 2 aromatic rings. The van der Waals surface area contributed by atoms with Crippen LogP contribution in [0.5, 0.6) is 0 Å². The van der Waals surface area contributed by atoms with Crippen molar-refractivity contribution in [1.29, 1.82) is 0 Å². The van der Waals surface area contributed by atoms with Crippen LogP contribution < -0.4 is 11.2 Å². The molecule has 8 nitrogen and oxygen atoms in total. The van der Waals surface area contributed by atoms with E-state index in [1.165, 1.54) is 10.8 Å². The summed E-state index contributed by atoms with van der Waals surface area (Å²) in [6.07, 6.45) is -0.417. The highest BCUT2D eigenvalue weighted by molar-refractivity contribution is 5.15. The van der Waals surface area contributed by atoms with Crippen molar-refractivity contribution in [2.45, 2.75) is 69.9 Å². The summed E-state index contributed by atoms with van der Waals surface area (Å²) in [6, 6.07) is 9.55. The molecule has 1 aliphatic heterocycles. The van der Waals surface area contributed by atoms with Crippen molar-refractivity contribution in [1.82, 2.24) is 9.55 Å². The number of benzene rings is 1. The van der Waals surface area contributed by atoms with E-state index in [2.05, 4.69) is 4.98 Å². The Balaban J connectivity index is 1.73. The SMILES string of the molecule is Cc1cn([C@@H]2OC3([C@H](C)CCC[C@@H]3O)[C@H](OCc3ccccc3)[C@@H]2O)c(=O)[nH]c1=O. The average Bonchev–Trinajstić information content (AvgIpc) is 3.01. The van der Waals surface area contributed by atoms with Gasteiger partial charge in [0.2, 0.25) is 0 Å². The van der Waals surface area contributed by atoms with Crippen molar-refractivity contribution in [3.8, 4) is 0 Å². The van der Waals surface area contributed by atoms with Crippen LogP contribution >= 0.6 is 0 Å². The predicted molar refractivity (Wildman–Crippen MR) is 109 cm³/mol. The summed E-state index contributed by atoms with van der Waals surface area (Å²) in [5, 5.41) is 22.2. The van der Waals surface area contributed by atoms with Crippen molar-refractivity contribution in [3.63, 3.8) is 0 Å². The average molecular weight is 416 g/mol. The number of aryl methyl sites for hydroxylation is 1. The third-order valence-corrected chi connectivity index (χ3v) is 6.47. The van der Waals surface area contributed by atoms with Gasteiger partial charge in [-0.2, -0.15) is 0 Å². The lowest BCUT2D eigenvalue weighted by Gasteiger charge is -2.46. The maximum Gasteiger partial charge on any atom is 0.330 e. The number of hydrogen-bond donors (Lipinski definition) is 3. The van der Waals surface area contributed by atoms with Crippen molar-refractivity contribution < 1.29 is 19.7 Å². The second kappa shape index (κ2) is 8.11. The van der Waals surface area contributed by atoms with Crippen molar-refractivity contribution in [2.75, 3.05) is 0 Å². The van der Waals surface area contributed by atoms with Crippen LogP contribution in [0, 0.1) is 12.8 Å². The number of aliphatic hydroxyl groups is 2. The lowest BCUT2D eigenvalue weighted by molar-refractivity contribution is -0.215. The summed E-state index contributed by atoms with van der Waals surface area (Å²) in [7, 11) is 0. The minimum Gasteiger partial charge on any atom is -0.390 e. The first-order valence-corrected chi connectivity index (χ1v) is 10.4. The fourth-order valence-electron chi connectivity index (χ4n) is 4.81. The molecule has 1 aromatic heterocycles. The molecule has 2 fully saturated rings. The first-order valence-electron chi connectivity index (χ1n) is 10.4. The quantitative estimate of drug-likeness (QED) is 0.691. The monoisotopic (exact) mass is 416 g/mol. The van der Waals surface area contributed by atoms with Crippen molar-refractivity contribution >= 4 is 0 Å². The zero-order valence-electron chi connectivity index (χ0n) is 17.2.